The van der Waals surface area contributed by atoms with Crippen LogP contribution in [0.15, 0.2) is 41.6 Å². The third kappa shape index (κ3) is 5.32. The number of halogens is 2. The van der Waals surface area contributed by atoms with E-state index < -0.39 is 11.6 Å². The Bertz CT molecular complexity index is 1170. The number of methoxy groups -OCH3 is 2. The van der Waals surface area contributed by atoms with Gasteiger partial charge < -0.3 is 14.8 Å². The van der Waals surface area contributed by atoms with E-state index in [-0.39, 0.29) is 23.4 Å². The number of amides is 1. The zero-order chi connectivity index (χ0) is 24.1. The van der Waals surface area contributed by atoms with Crippen LogP contribution in [0.5, 0.6) is 11.5 Å². The summed E-state index contributed by atoms with van der Waals surface area (Å²) in [5.74, 6) is -0.344. The Hall–Kier alpha value is -3.14. The zero-order valence-corrected chi connectivity index (χ0v) is 19.8. The molecule has 34 heavy (non-hydrogen) atoms. The highest BCUT2D eigenvalue weighted by molar-refractivity contribution is 7.99. The summed E-state index contributed by atoms with van der Waals surface area (Å²) in [7, 11) is 3.17. The molecule has 0 unspecified atom stereocenters. The van der Waals surface area contributed by atoms with Crippen molar-refractivity contribution in [3.05, 3.63) is 48.0 Å². The Balaban J connectivity index is 1.57. The first-order valence-corrected chi connectivity index (χ1v) is 12.0. The molecule has 4 rings (SSSR count). The maximum atomic E-state index is 13.4. The van der Waals surface area contributed by atoms with Gasteiger partial charge in [0.2, 0.25) is 5.91 Å². The second-order valence-electron chi connectivity index (χ2n) is 8.00. The molecule has 1 saturated carbocycles. The Morgan fingerprint density at radius 2 is 1.79 bits per heavy atom. The summed E-state index contributed by atoms with van der Waals surface area (Å²) in [6.07, 6.45) is 5.45. The molecular weight excluding hydrogens is 462 g/mol. The molecule has 1 amide bonds. The quantitative estimate of drug-likeness (QED) is 0.423. The van der Waals surface area contributed by atoms with Gasteiger partial charge in [0, 0.05) is 23.4 Å². The first-order chi connectivity index (χ1) is 16.5. The van der Waals surface area contributed by atoms with Gasteiger partial charge >= 0.3 is 0 Å². The van der Waals surface area contributed by atoms with Gasteiger partial charge in [-0.05, 0) is 43.2 Å². The normalized spacial score (nSPS) is 14.1. The van der Waals surface area contributed by atoms with Gasteiger partial charge in [-0.1, -0.05) is 31.0 Å². The maximum Gasteiger partial charge on any atom is 0.234 e. The van der Waals surface area contributed by atoms with Gasteiger partial charge in [0.05, 0.1) is 20.0 Å². The monoisotopic (exact) mass is 488 g/mol. The molecule has 1 aromatic heterocycles. The fraction of sp³-hybridized carbons (Fsp3) is 0.375. The molecule has 0 aliphatic heterocycles. The van der Waals surface area contributed by atoms with Crippen LogP contribution in [0, 0.1) is 11.6 Å². The van der Waals surface area contributed by atoms with Crippen LogP contribution in [0.3, 0.4) is 0 Å². The molecule has 1 aliphatic carbocycles. The second-order valence-corrected chi connectivity index (χ2v) is 8.95. The number of carbonyl (C=O) groups is 1. The molecule has 0 spiro atoms. The van der Waals surface area contributed by atoms with E-state index in [1.165, 1.54) is 24.2 Å². The van der Waals surface area contributed by atoms with E-state index in [0.717, 1.165) is 43.4 Å². The fourth-order valence-corrected chi connectivity index (χ4v) is 4.92. The van der Waals surface area contributed by atoms with E-state index in [9.17, 15) is 13.6 Å². The van der Waals surface area contributed by atoms with Crippen molar-refractivity contribution in [3.63, 3.8) is 0 Å². The Kier molecular flexibility index (Phi) is 7.66. The van der Waals surface area contributed by atoms with E-state index in [0.29, 0.717) is 22.5 Å². The van der Waals surface area contributed by atoms with Gasteiger partial charge in [-0.15, -0.1) is 10.2 Å². The van der Waals surface area contributed by atoms with Gasteiger partial charge in [0.25, 0.3) is 0 Å². The minimum absolute atomic E-state index is 0.0514. The minimum atomic E-state index is -1.01. The molecule has 1 heterocycles. The summed E-state index contributed by atoms with van der Waals surface area (Å²) in [4.78, 5) is 12.5. The zero-order valence-electron chi connectivity index (χ0n) is 19.0. The van der Waals surface area contributed by atoms with Crippen LogP contribution in [0.1, 0.15) is 38.1 Å². The predicted octanol–water partition coefficient (Wildman–Crippen LogP) is 5.48. The van der Waals surface area contributed by atoms with Gasteiger partial charge in [0.15, 0.2) is 34.1 Å². The lowest BCUT2D eigenvalue weighted by Gasteiger charge is -2.25. The number of hydrogen-bond donors (Lipinski definition) is 1. The van der Waals surface area contributed by atoms with Crippen molar-refractivity contribution < 1.29 is 23.0 Å². The third-order valence-electron chi connectivity index (χ3n) is 5.78. The van der Waals surface area contributed by atoms with Gasteiger partial charge in [-0.25, -0.2) is 8.78 Å². The smallest absolute Gasteiger partial charge is 0.234 e. The number of ether oxygens (including phenoxy) is 2. The molecule has 1 fully saturated rings. The lowest BCUT2D eigenvalue weighted by molar-refractivity contribution is -0.113. The molecule has 7 nitrogen and oxygen atoms in total. The Morgan fingerprint density at radius 3 is 2.50 bits per heavy atom. The van der Waals surface area contributed by atoms with Crippen LogP contribution in [0.2, 0.25) is 0 Å². The molecule has 0 saturated heterocycles. The van der Waals surface area contributed by atoms with Crippen LogP contribution < -0.4 is 14.8 Å². The molecular formula is C24H26F2N4O3S. The summed E-state index contributed by atoms with van der Waals surface area (Å²) >= 11 is 1.26. The number of rotatable bonds is 8. The molecule has 0 atom stereocenters. The van der Waals surface area contributed by atoms with E-state index in [2.05, 4.69) is 20.1 Å². The molecule has 0 bridgehead atoms. The summed E-state index contributed by atoms with van der Waals surface area (Å²) in [5.41, 5.74) is 1.04. The predicted molar refractivity (Wildman–Crippen MR) is 126 cm³/mol. The highest BCUT2D eigenvalue weighted by Crippen LogP contribution is 2.38. The number of benzene rings is 2. The van der Waals surface area contributed by atoms with Crippen LogP contribution in [-0.4, -0.2) is 40.6 Å². The third-order valence-corrected chi connectivity index (χ3v) is 6.72. The molecule has 0 radical (unpaired) electrons. The standard InChI is InChI=1S/C24H26F2N4O3S/c1-32-20-11-8-15(12-21(20)33-2)23-28-29-24(30(23)17-6-4-3-5-7-17)34-14-22(31)27-16-9-10-18(25)19(26)13-16/h8-13,17H,3-7,14H2,1-2H3,(H,27,31). The van der Waals surface area contributed by atoms with Crippen molar-refractivity contribution in [1.29, 1.82) is 0 Å². The summed E-state index contributed by atoms with van der Waals surface area (Å²) in [6, 6.07) is 9.09. The van der Waals surface area contributed by atoms with E-state index in [1.54, 1.807) is 14.2 Å². The van der Waals surface area contributed by atoms with Crippen molar-refractivity contribution in [3.8, 4) is 22.9 Å². The number of anilines is 1. The van der Waals surface area contributed by atoms with Crippen molar-refractivity contribution in [2.45, 2.75) is 43.3 Å². The van der Waals surface area contributed by atoms with Crippen molar-refractivity contribution >= 4 is 23.4 Å². The largest absolute Gasteiger partial charge is 0.493 e. The van der Waals surface area contributed by atoms with E-state index in [1.807, 2.05) is 18.2 Å². The second kappa shape index (κ2) is 10.9. The van der Waals surface area contributed by atoms with E-state index in [4.69, 9.17) is 9.47 Å². The SMILES string of the molecule is COc1ccc(-c2nnc(SCC(=O)Nc3ccc(F)c(F)c3)n2C2CCCCC2)cc1OC. The average molecular weight is 489 g/mol. The summed E-state index contributed by atoms with van der Waals surface area (Å²) in [5, 5.41) is 12.1. The van der Waals surface area contributed by atoms with Gasteiger partial charge in [-0.3, -0.25) is 9.36 Å². The minimum Gasteiger partial charge on any atom is -0.493 e. The van der Waals surface area contributed by atoms with Crippen LogP contribution in [-0.2, 0) is 4.79 Å². The molecule has 2 aromatic carbocycles. The maximum absolute atomic E-state index is 13.4. The summed E-state index contributed by atoms with van der Waals surface area (Å²) < 4.78 is 39.5. The van der Waals surface area contributed by atoms with Crippen LogP contribution in [0.25, 0.3) is 11.4 Å². The van der Waals surface area contributed by atoms with Crippen molar-refractivity contribution in [2.24, 2.45) is 0 Å². The van der Waals surface area contributed by atoms with Gasteiger partial charge in [0.1, 0.15) is 0 Å². The Morgan fingerprint density at radius 1 is 1.03 bits per heavy atom. The lowest BCUT2D eigenvalue weighted by Crippen LogP contribution is -2.17. The number of carbonyl (C=O) groups excluding carboxylic acids is 1. The molecule has 1 N–H and O–H groups in total. The van der Waals surface area contributed by atoms with E-state index >= 15 is 0 Å². The number of nitrogens with one attached hydrogen (secondary N) is 1. The fourth-order valence-electron chi connectivity index (χ4n) is 4.12. The number of nitrogens with zero attached hydrogens (tertiary/aromatic N) is 3. The highest BCUT2D eigenvalue weighted by atomic mass is 32.2. The van der Waals surface area contributed by atoms with Crippen molar-refractivity contribution in [1.82, 2.24) is 14.8 Å². The van der Waals surface area contributed by atoms with Crippen molar-refractivity contribution in [2.75, 3.05) is 25.3 Å². The summed E-state index contributed by atoms with van der Waals surface area (Å²) in [6.45, 7) is 0. The number of thioether (sulfide) groups is 1. The number of aromatic nitrogens is 3. The topological polar surface area (TPSA) is 78.3 Å². The van der Waals surface area contributed by atoms with Crippen LogP contribution in [0.4, 0.5) is 14.5 Å². The molecule has 3 aromatic rings. The Labute approximate surface area is 200 Å². The lowest BCUT2D eigenvalue weighted by atomic mass is 9.95. The first-order valence-electron chi connectivity index (χ1n) is 11.0. The molecule has 1 aliphatic rings. The molecule has 10 heteroatoms. The van der Waals surface area contributed by atoms with Gasteiger partial charge in [-0.2, -0.15) is 0 Å². The first kappa shape index (κ1) is 24.0. The highest BCUT2D eigenvalue weighted by Gasteiger charge is 2.25. The number of hydrogen-bond acceptors (Lipinski definition) is 6. The van der Waals surface area contributed by atoms with Crippen LogP contribution >= 0.6 is 11.8 Å². The average Bonchev–Trinajstić information content (AvgIpc) is 3.29. The molecule has 180 valence electrons.